The molecule has 0 aliphatic carbocycles. The van der Waals surface area contributed by atoms with Gasteiger partial charge in [-0.15, -0.1) is 10.2 Å². The summed E-state index contributed by atoms with van der Waals surface area (Å²) in [4.78, 5) is 13.3. The molecule has 0 unspecified atom stereocenters. The Morgan fingerprint density at radius 3 is 2.75 bits per heavy atom. The zero-order chi connectivity index (χ0) is 12.0. The molecule has 0 radical (unpaired) electrons. The van der Waals surface area contributed by atoms with Crippen molar-refractivity contribution in [3.8, 4) is 0 Å². The second-order valence-corrected chi connectivity index (χ2v) is 3.06. The predicted octanol–water partition coefficient (Wildman–Crippen LogP) is -0.783. The summed E-state index contributed by atoms with van der Waals surface area (Å²) < 4.78 is 0. The van der Waals surface area contributed by atoms with Crippen LogP contribution in [0.15, 0.2) is 12.1 Å². The molecule has 4 N–H and O–H groups in total. The summed E-state index contributed by atoms with van der Waals surface area (Å²) in [5.74, 6) is 5.26. The molecule has 1 rings (SSSR count). The van der Waals surface area contributed by atoms with Crippen LogP contribution in [0.3, 0.4) is 0 Å². The molecule has 1 heterocycles. The monoisotopic (exact) mass is 225 g/mol. The highest BCUT2D eigenvalue weighted by molar-refractivity contribution is 5.92. The topological polar surface area (TPSA) is 104 Å². The number of aliphatic hydroxyl groups excluding tert-OH is 1. The number of hydrogen-bond acceptors (Lipinski definition) is 6. The van der Waals surface area contributed by atoms with Crippen molar-refractivity contribution in [1.29, 1.82) is 0 Å². The molecule has 7 heteroatoms. The molecule has 0 aliphatic heterocycles. The quantitative estimate of drug-likeness (QED) is 0.448. The highest BCUT2D eigenvalue weighted by atomic mass is 16.3. The number of hydrogen-bond donors (Lipinski definition) is 3. The molecule has 0 saturated heterocycles. The Hall–Kier alpha value is -1.73. The number of rotatable bonds is 5. The lowest BCUT2D eigenvalue weighted by Gasteiger charge is -2.18. The minimum Gasteiger partial charge on any atom is -0.395 e. The third kappa shape index (κ3) is 2.88. The molecule has 0 bridgehead atoms. The van der Waals surface area contributed by atoms with E-state index in [0.717, 1.165) is 0 Å². The molecule has 0 aliphatic rings. The largest absolute Gasteiger partial charge is 0.395 e. The van der Waals surface area contributed by atoms with Crippen LogP contribution in [0, 0.1) is 0 Å². The molecule has 88 valence electrons. The van der Waals surface area contributed by atoms with Crippen LogP contribution in [0.4, 0.5) is 5.82 Å². The van der Waals surface area contributed by atoms with E-state index in [9.17, 15) is 4.79 Å². The van der Waals surface area contributed by atoms with Crippen LogP contribution in [0.5, 0.6) is 0 Å². The third-order valence-electron chi connectivity index (χ3n) is 2.07. The van der Waals surface area contributed by atoms with E-state index in [1.165, 1.54) is 11.0 Å². The molecule has 1 aromatic heterocycles. The Bertz CT molecular complexity index is 340. The van der Waals surface area contributed by atoms with Gasteiger partial charge in [0.25, 0.3) is 5.91 Å². The van der Waals surface area contributed by atoms with E-state index in [4.69, 9.17) is 10.9 Å². The lowest BCUT2D eigenvalue weighted by atomic mass is 10.3. The summed E-state index contributed by atoms with van der Waals surface area (Å²) in [5, 5.41) is 16.2. The van der Waals surface area contributed by atoms with Crippen molar-refractivity contribution >= 4 is 11.7 Å². The number of nitrogens with two attached hydrogens (primary N) is 1. The molecule has 1 amide bonds. The van der Waals surface area contributed by atoms with Gasteiger partial charge in [0.15, 0.2) is 11.5 Å². The lowest BCUT2D eigenvalue weighted by Crippen LogP contribution is -2.34. The molecule has 0 atom stereocenters. The van der Waals surface area contributed by atoms with Gasteiger partial charge in [0.2, 0.25) is 0 Å². The van der Waals surface area contributed by atoms with Gasteiger partial charge in [-0.3, -0.25) is 4.79 Å². The van der Waals surface area contributed by atoms with E-state index in [0.29, 0.717) is 12.4 Å². The van der Waals surface area contributed by atoms with E-state index in [2.05, 4.69) is 15.6 Å². The van der Waals surface area contributed by atoms with Crippen LogP contribution < -0.4 is 11.3 Å². The summed E-state index contributed by atoms with van der Waals surface area (Å²) >= 11 is 0. The fourth-order valence-electron chi connectivity index (χ4n) is 1.21. The zero-order valence-corrected chi connectivity index (χ0v) is 9.05. The number of carbonyl (C=O) groups is 1. The van der Waals surface area contributed by atoms with Gasteiger partial charge in [-0.2, -0.15) is 0 Å². The number of aliphatic hydroxyl groups is 1. The number of amides is 1. The highest BCUT2D eigenvalue weighted by Crippen LogP contribution is 2.03. The summed E-state index contributed by atoms with van der Waals surface area (Å²) in [7, 11) is 0. The fraction of sp³-hybridized carbons (Fsp3) is 0.444. The van der Waals surface area contributed by atoms with Crippen molar-refractivity contribution in [2.75, 3.05) is 25.1 Å². The average Bonchev–Trinajstić information content (AvgIpc) is 2.35. The molecule has 0 aromatic carbocycles. The smallest absolute Gasteiger partial charge is 0.274 e. The van der Waals surface area contributed by atoms with Gasteiger partial charge in [-0.05, 0) is 19.1 Å². The van der Waals surface area contributed by atoms with Crippen LogP contribution in [0.1, 0.15) is 17.4 Å². The first kappa shape index (κ1) is 12.3. The maximum absolute atomic E-state index is 11.8. The van der Waals surface area contributed by atoms with Crippen LogP contribution >= 0.6 is 0 Å². The second-order valence-electron chi connectivity index (χ2n) is 3.06. The van der Waals surface area contributed by atoms with Gasteiger partial charge >= 0.3 is 0 Å². The minimum absolute atomic E-state index is 0.0740. The SMILES string of the molecule is CCN(CCO)C(=O)c1ccc(NN)nn1. The Balaban J connectivity index is 2.78. The number of nitrogens with one attached hydrogen (secondary N) is 1. The summed E-state index contributed by atoms with van der Waals surface area (Å²) in [5.41, 5.74) is 2.55. The number of nitrogen functional groups attached to an aromatic ring is 1. The van der Waals surface area contributed by atoms with Crippen LogP contribution in [0.25, 0.3) is 0 Å². The maximum atomic E-state index is 11.8. The Morgan fingerprint density at radius 2 is 2.31 bits per heavy atom. The lowest BCUT2D eigenvalue weighted by molar-refractivity contribution is 0.0725. The molecular formula is C9H15N5O2. The van der Waals surface area contributed by atoms with E-state index in [1.54, 1.807) is 6.07 Å². The van der Waals surface area contributed by atoms with Crippen molar-refractivity contribution in [3.05, 3.63) is 17.8 Å². The van der Waals surface area contributed by atoms with Crippen molar-refractivity contribution in [2.24, 2.45) is 5.84 Å². The predicted molar refractivity (Wildman–Crippen MR) is 58.5 cm³/mol. The number of likely N-dealkylation sites (N-methyl/N-ethyl adjacent to an activating group) is 1. The maximum Gasteiger partial charge on any atom is 0.274 e. The molecule has 0 saturated carbocycles. The van der Waals surface area contributed by atoms with Crippen LogP contribution in [-0.4, -0.2) is 45.8 Å². The van der Waals surface area contributed by atoms with Gasteiger partial charge in [0, 0.05) is 13.1 Å². The molecule has 0 spiro atoms. The highest BCUT2D eigenvalue weighted by Gasteiger charge is 2.15. The minimum atomic E-state index is -0.257. The fourth-order valence-corrected chi connectivity index (χ4v) is 1.21. The van der Waals surface area contributed by atoms with E-state index in [1.807, 2.05) is 6.92 Å². The van der Waals surface area contributed by atoms with Crippen LogP contribution in [0.2, 0.25) is 0 Å². The molecular weight excluding hydrogens is 210 g/mol. The molecule has 16 heavy (non-hydrogen) atoms. The van der Waals surface area contributed by atoms with Gasteiger partial charge in [0.1, 0.15) is 0 Å². The van der Waals surface area contributed by atoms with Crippen LogP contribution in [-0.2, 0) is 0 Å². The van der Waals surface area contributed by atoms with Crippen molar-refractivity contribution in [2.45, 2.75) is 6.92 Å². The van der Waals surface area contributed by atoms with Gasteiger partial charge in [-0.25, -0.2) is 5.84 Å². The summed E-state index contributed by atoms with van der Waals surface area (Å²) in [6.07, 6.45) is 0. The average molecular weight is 225 g/mol. The molecule has 7 nitrogen and oxygen atoms in total. The first-order valence-electron chi connectivity index (χ1n) is 4.93. The Labute approximate surface area is 93.2 Å². The number of anilines is 1. The summed E-state index contributed by atoms with van der Waals surface area (Å²) in [6, 6.07) is 3.09. The first-order valence-corrected chi connectivity index (χ1v) is 4.93. The van der Waals surface area contributed by atoms with E-state index in [-0.39, 0.29) is 24.8 Å². The van der Waals surface area contributed by atoms with Gasteiger partial charge < -0.3 is 15.4 Å². The van der Waals surface area contributed by atoms with E-state index >= 15 is 0 Å². The molecule has 0 fully saturated rings. The zero-order valence-electron chi connectivity index (χ0n) is 9.05. The number of nitrogens with zero attached hydrogens (tertiary/aromatic N) is 3. The third-order valence-corrected chi connectivity index (χ3v) is 2.07. The molecule has 1 aromatic rings. The van der Waals surface area contributed by atoms with Gasteiger partial charge in [0.05, 0.1) is 6.61 Å². The van der Waals surface area contributed by atoms with E-state index < -0.39 is 0 Å². The number of aromatic nitrogens is 2. The van der Waals surface area contributed by atoms with Gasteiger partial charge in [-0.1, -0.05) is 0 Å². The normalized spacial score (nSPS) is 9.94. The number of hydrazine groups is 1. The Morgan fingerprint density at radius 1 is 1.56 bits per heavy atom. The van der Waals surface area contributed by atoms with Crippen molar-refractivity contribution in [1.82, 2.24) is 15.1 Å². The second kappa shape index (κ2) is 5.99. The summed E-state index contributed by atoms with van der Waals surface area (Å²) in [6.45, 7) is 2.55. The number of carbonyl (C=O) groups excluding carboxylic acids is 1. The Kier molecular flexibility index (Phi) is 4.62. The first-order chi connectivity index (χ1) is 7.72. The van der Waals surface area contributed by atoms with Crippen molar-refractivity contribution < 1.29 is 9.90 Å². The standard InChI is InChI=1S/C9H15N5O2/c1-2-14(5-6-15)9(16)7-3-4-8(11-10)13-12-7/h3-4,15H,2,5-6,10H2,1H3,(H,11,13). The van der Waals surface area contributed by atoms with Crippen molar-refractivity contribution in [3.63, 3.8) is 0 Å².